The Balaban J connectivity index is 2.13. The number of aryl methyl sites for hydroxylation is 2. The standard InChI is InChI=1S/C14H19NO3S/c1-14(2,3)11(13(17)18)15-12(16)10-7-8-5-4-6-9(8)19-10/h7,11H,4-6H2,1-3H3,(H,15,16)(H,17,18). The highest BCUT2D eigenvalue weighted by Gasteiger charge is 2.33. The molecule has 1 aromatic rings. The molecule has 4 nitrogen and oxygen atoms in total. The van der Waals surface area contributed by atoms with Gasteiger partial charge in [-0.15, -0.1) is 11.3 Å². The van der Waals surface area contributed by atoms with Gasteiger partial charge in [0.15, 0.2) is 0 Å². The number of thiophene rings is 1. The monoisotopic (exact) mass is 281 g/mol. The van der Waals surface area contributed by atoms with Crippen LogP contribution in [0.25, 0.3) is 0 Å². The summed E-state index contributed by atoms with van der Waals surface area (Å²) in [5, 5.41) is 11.8. The second-order valence-corrected chi connectivity index (χ2v) is 7.16. The zero-order valence-electron chi connectivity index (χ0n) is 11.4. The molecule has 2 rings (SSSR count). The maximum atomic E-state index is 12.1. The number of rotatable bonds is 3. The van der Waals surface area contributed by atoms with Gasteiger partial charge < -0.3 is 10.4 Å². The molecule has 1 amide bonds. The molecule has 1 heterocycles. The molecule has 0 saturated carbocycles. The Morgan fingerprint density at radius 1 is 1.37 bits per heavy atom. The van der Waals surface area contributed by atoms with Gasteiger partial charge in [-0.25, -0.2) is 4.79 Å². The van der Waals surface area contributed by atoms with Crippen LogP contribution < -0.4 is 5.32 Å². The number of amides is 1. The minimum absolute atomic E-state index is 0.276. The summed E-state index contributed by atoms with van der Waals surface area (Å²) >= 11 is 1.49. The molecule has 104 valence electrons. The molecule has 0 bridgehead atoms. The van der Waals surface area contributed by atoms with Gasteiger partial charge in [-0.2, -0.15) is 0 Å². The van der Waals surface area contributed by atoms with E-state index in [2.05, 4.69) is 5.32 Å². The second-order valence-electron chi connectivity index (χ2n) is 6.02. The van der Waals surface area contributed by atoms with Crippen LogP contribution in [0.15, 0.2) is 6.07 Å². The highest BCUT2D eigenvalue weighted by Crippen LogP contribution is 2.31. The van der Waals surface area contributed by atoms with E-state index in [4.69, 9.17) is 0 Å². The Morgan fingerprint density at radius 3 is 2.58 bits per heavy atom. The number of carbonyl (C=O) groups excluding carboxylic acids is 1. The third-order valence-electron chi connectivity index (χ3n) is 3.36. The number of carbonyl (C=O) groups is 2. The largest absolute Gasteiger partial charge is 0.480 e. The highest BCUT2D eigenvalue weighted by atomic mass is 32.1. The van der Waals surface area contributed by atoms with Gasteiger partial charge in [0.1, 0.15) is 6.04 Å². The SMILES string of the molecule is CC(C)(C)C(NC(=O)c1cc2c(s1)CCC2)C(=O)O. The van der Waals surface area contributed by atoms with E-state index in [1.54, 1.807) is 20.8 Å². The fourth-order valence-electron chi connectivity index (χ4n) is 2.29. The summed E-state index contributed by atoms with van der Waals surface area (Å²) in [6.45, 7) is 5.42. The Morgan fingerprint density at radius 2 is 2.05 bits per heavy atom. The first-order chi connectivity index (χ1) is 8.79. The third kappa shape index (κ3) is 2.97. The van der Waals surface area contributed by atoms with Crippen molar-refractivity contribution in [2.24, 2.45) is 5.41 Å². The Bertz CT molecular complexity index is 492. The van der Waals surface area contributed by atoms with E-state index in [0.717, 1.165) is 19.3 Å². The van der Waals surface area contributed by atoms with E-state index in [1.807, 2.05) is 6.07 Å². The van der Waals surface area contributed by atoms with Crippen LogP contribution in [0.4, 0.5) is 0 Å². The molecule has 2 N–H and O–H groups in total. The maximum absolute atomic E-state index is 12.1. The smallest absolute Gasteiger partial charge is 0.326 e. The number of carboxylic acids is 1. The lowest BCUT2D eigenvalue weighted by Gasteiger charge is -2.27. The lowest BCUT2D eigenvalue weighted by atomic mass is 9.87. The second kappa shape index (κ2) is 4.96. The minimum Gasteiger partial charge on any atom is -0.480 e. The maximum Gasteiger partial charge on any atom is 0.326 e. The molecule has 0 radical (unpaired) electrons. The average Bonchev–Trinajstić information content (AvgIpc) is 2.82. The number of aliphatic carboxylic acids is 1. The van der Waals surface area contributed by atoms with Gasteiger partial charge >= 0.3 is 5.97 Å². The molecular formula is C14H19NO3S. The predicted octanol–water partition coefficient (Wildman–Crippen LogP) is 2.47. The van der Waals surface area contributed by atoms with Gasteiger partial charge in [0.25, 0.3) is 5.91 Å². The lowest BCUT2D eigenvalue weighted by Crippen LogP contribution is -2.48. The summed E-state index contributed by atoms with van der Waals surface area (Å²) in [6, 6.07) is 1.03. The fourth-order valence-corrected chi connectivity index (χ4v) is 3.45. The molecule has 1 atom stereocenters. The van der Waals surface area contributed by atoms with Crippen LogP contribution in [0.2, 0.25) is 0 Å². The quantitative estimate of drug-likeness (QED) is 0.894. The molecule has 0 fully saturated rings. The van der Waals surface area contributed by atoms with Crippen LogP contribution in [0.1, 0.15) is 47.3 Å². The summed E-state index contributed by atoms with van der Waals surface area (Å²) in [5.74, 6) is -1.27. The Hall–Kier alpha value is -1.36. The summed E-state index contributed by atoms with van der Waals surface area (Å²) in [5.41, 5.74) is 0.736. The third-order valence-corrected chi connectivity index (χ3v) is 4.59. The normalized spacial score (nSPS) is 15.9. The Labute approximate surface area is 116 Å². The van der Waals surface area contributed by atoms with Crippen LogP contribution in [0, 0.1) is 5.41 Å². The summed E-state index contributed by atoms with van der Waals surface area (Å²) in [7, 11) is 0. The predicted molar refractivity (Wildman–Crippen MR) is 74.7 cm³/mol. The fraction of sp³-hybridized carbons (Fsp3) is 0.571. The van der Waals surface area contributed by atoms with Crippen LogP contribution in [0.3, 0.4) is 0 Å². The van der Waals surface area contributed by atoms with Gasteiger partial charge in [-0.3, -0.25) is 4.79 Å². The first-order valence-electron chi connectivity index (χ1n) is 6.44. The zero-order valence-corrected chi connectivity index (χ0v) is 12.3. The van der Waals surface area contributed by atoms with E-state index >= 15 is 0 Å². The highest BCUT2D eigenvalue weighted by molar-refractivity contribution is 7.14. The van der Waals surface area contributed by atoms with Crippen LogP contribution in [0.5, 0.6) is 0 Å². The van der Waals surface area contributed by atoms with E-state index in [-0.39, 0.29) is 5.91 Å². The number of hydrogen-bond acceptors (Lipinski definition) is 3. The summed E-state index contributed by atoms with van der Waals surface area (Å²) in [4.78, 5) is 25.3. The van der Waals surface area contributed by atoms with Crippen molar-refractivity contribution < 1.29 is 14.7 Å². The molecular weight excluding hydrogens is 262 g/mol. The van der Waals surface area contributed by atoms with Crippen molar-refractivity contribution in [3.63, 3.8) is 0 Å². The van der Waals surface area contributed by atoms with Gasteiger partial charge in [-0.1, -0.05) is 20.8 Å². The number of carboxylic acid groups (broad SMARTS) is 1. The molecule has 1 aliphatic rings. The van der Waals surface area contributed by atoms with Gasteiger partial charge in [0.05, 0.1) is 4.88 Å². The van der Waals surface area contributed by atoms with Crippen molar-refractivity contribution in [1.29, 1.82) is 0 Å². The van der Waals surface area contributed by atoms with E-state index in [9.17, 15) is 14.7 Å². The molecule has 19 heavy (non-hydrogen) atoms. The van der Waals surface area contributed by atoms with Crippen LogP contribution in [-0.2, 0) is 17.6 Å². The van der Waals surface area contributed by atoms with E-state index in [1.165, 1.54) is 21.8 Å². The van der Waals surface area contributed by atoms with Gasteiger partial charge in [0, 0.05) is 4.88 Å². The van der Waals surface area contributed by atoms with Crippen molar-refractivity contribution in [3.05, 3.63) is 21.4 Å². The Kier molecular flexibility index (Phi) is 3.67. The molecule has 0 aromatic carbocycles. The first-order valence-corrected chi connectivity index (χ1v) is 7.26. The number of nitrogens with one attached hydrogen (secondary N) is 1. The van der Waals surface area contributed by atoms with Crippen molar-refractivity contribution in [2.75, 3.05) is 0 Å². The molecule has 1 aliphatic carbocycles. The van der Waals surface area contributed by atoms with E-state index < -0.39 is 17.4 Å². The minimum atomic E-state index is -0.995. The molecule has 1 unspecified atom stereocenters. The molecule has 0 spiro atoms. The lowest BCUT2D eigenvalue weighted by molar-refractivity contribution is -0.142. The van der Waals surface area contributed by atoms with Crippen molar-refractivity contribution >= 4 is 23.2 Å². The van der Waals surface area contributed by atoms with Gasteiger partial charge in [-0.05, 0) is 36.3 Å². The first kappa shape index (κ1) is 14.1. The average molecular weight is 281 g/mol. The van der Waals surface area contributed by atoms with Gasteiger partial charge in [0.2, 0.25) is 0 Å². The number of fused-ring (bicyclic) bond motifs is 1. The molecule has 1 aromatic heterocycles. The molecule has 0 aliphatic heterocycles. The van der Waals surface area contributed by atoms with Crippen LogP contribution in [-0.4, -0.2) is 23.0 Å². The molecule has 0 saturated heterocycles. The van der Waals surface area contributed by atoms with Crippen molar-refractivity contribution in [1.82, 2.24) is 5.32 Å². The molecule has 5 heteroatoms. The number of hydrogen-bond donors (Lipinski definition) is 2. The van der Waals surface area contributed by atoms with E-state index in [0.29, 0.717) is 4.88 Å². The topological polar surface area (TPSA) is 66.4 Å². The van der Waals surface area contributed by atoms with Crippen LogP contribution >= 0.6 is 11.3 Å². The summed E-state index contributed by atoms with van der Waals surface area (Å²) < 4.78 is 0. The van der Waals surface area contributed by atoms with Crippen molar-refractivity contribution in [3.8, 4) is 0 Å². The summed E-state index contributed by atoms with van der Waals surface area (Å²) in [6.07, 6.45) is 3.22. The van der Waals surface area contributed by atoms with Crippen molar-refractivity contribution in [2.45, 2.75) is 46.1 Å². The zero-order chi connectivity index (χ0) is 14.2.